The van der Waals surface area contributed by atoms with Crippen molar-refractivity contribution in [2.75, 3.05) is 14.2 Å². The van der Waals surface area contributed by atoms with E-state index in [1.807, 2.05) is 26.8 Å². The van der Waals surface area contributed by atoms with Gasteiger partial charge in [-0.3, -0.25) is 4.79 Å². The molecule has 5 heteroatoms. The first kappa shape index (κ1) is 29.4. The van der Waals surface area contributed by atoms with Gasteiger partial charge in [-0.1, -0.05) is 48.3 Å². The number of unbranched alkanes of at least 4 members (excludes halogenated alkanes) is 1. The standard InChI is InChI=1S/C27H32O3S.C2H6O/c1-27(2,3)17-9-5-7-14-24(26(29)30)25(28)15-8-4-6-11-21-12-10-13-22(19-21)23-16-18-31-20-23;1-3-2/h5-7,10-13,16,18-20,24-25,28H,4,8,14-15H2,1-3H3,(H,29,30);1-2H3. The lowest BCUT2D eigenvalue weighted by molar-refractivity contribution is -0.145. The number of benzene rings is 1. The van der Waals surface area contributed by atoms with Gasteiger partial charge in [0.05, 0.1) is 12.0 Å². The smallest absolute Gasteiger partial charge is 0.309 e. The predicted molar refractivity (Wildman–Crippen MR) is 144 cm³/mol. The van der Waals surface area contributed by atoms with E-state index < -0.39 is 18.0 Å². The lowest BCUT2D eigenvalue weighted by Gasteiger charge is -2.17. The van der Waals surface area contributed by atoms with E-state index in [4.69, 9.17) is 0 Å². The molecule has 2 rings (SSSR count). The molecule has 0 aliphatic rings. The minimum absolute atomic E-state index is 0.0885. The molecule has 2 unspecified atom stereocenters. The molecule has 2 aromatic rings. The Morgan fingerprint density at radius 3 is 2.53 bits per heavy atom. The summed E-state index contributed by atoms with van der Waals surface area (Å²) in [7, 11) is 3.25. The number of carboxylic acids is 1. The van der Waals surface area contributed by atoms with E-state index in [-0.39, 0.29) is 11.8 Å². The van der Waals surface area contributed by atoms with Gasteiger partial charge in [0.25, 0.3) is 0 Å². The number of methoxy groups -OCH3 is 1. The quantitative estimate of drug-likeness (QED) is 0.285. The molecule has 184 valence electrons. The third kappa shape index (κ3) is 12.6. The Morgan fingerprint density at radius 2 is 1.91 bits per heavy atom. The third-order valence-corrected chi connectivity index (χ3v) is 5.43. The number of aliphatic hydroxyl groups is 1. The molecular formula is C29H38O4S. The topological polar surface area (TPSA) is 66.8 Å². The summed E-state index contributed by atoms with van der Waals surface area (Å²) in [5, 5.41) is 24.0. The van der Waals surface area contributed by atoms with Gasteiger partial charge >= 0.3 is 5.97 Å². The van der Waals surface area contributed by atoms with E-state index in [1.54, 1.807) is 37.7 Å². The molecule has 34 heavy (non-hydrogen) atoms. The molecule has 1 aromatic carbocycles. The van der Waals surface area contributed by atoms with Crippen molar-refractivity contribution in [3.63, 3.8) is 0 Å². The van der Waals surface area contributed by atoms with E-state index in [1.165, 1.54) is 11.1 Å². The van der Waals surface area contributed by atoms with Crippen LogP contribution in [-0.4, -0.2) is 36.5 Å². The summed E-state index contributed by atoms with van der Waals surface area (Å²) < 4.78 is 4.25. The lowest BCUT2D eigenvalue weighted by Crippen LogP contribution is -2.27. The average molecular weight is 483 g/mol. The van der Waals surface area contributed by atoms with Crippen LogP contribution >= 0.6 is 11.3 Å². The van der Waals surface area contributed by atoms with Gasteiger partial charge in [-0.25, -0.2) is 0 Å². The van der Waals surface area contributed by atoms with E-state index in [9.17, 15) is 15.0 Å². The molecule has 2 atom stereocenters. The highest BCUT2D eigenvalue weighted by Gasteiger charge is 2.24. The zero-order chi connectivity index (χ0) is 25.4. The van der Waals surface area contributed by atoms with Crippen LogP contribution in [0.4, 0.5) is 0 Å². The number of thiophene rings is 1. The van der Waals surface area contributed by atoms with Crippen molar-refractivity contribution >= 4 is 23.4 Å². The zero-order valence-electron chi connectivity index (χ0n) is 21.0. The first-order chi connectivity index (χ1) is 16.2. The van der Waals surface area contributed by atoms with Gasteiger partial charge in [-0.05, 0) is 92.1 Å². The molecule has 0 aliphatic carbocycles. The molecule has 2 N–H and O–H groups in total. The van der Waals surface area contributed by atoms with Gasteiger partial charge in [0, 0.05) is 19.6 Å². The second-order valence-electron chi connectivity index (χ2n) is 9.05. The second-order valence-corrected chi connectivity index (χ2v) is 9.83. The third-order valence-electron chi connectivity index (χ3n) is 4.74. The van der Waals surface area contributed by atoms with E-state index in [0.29, 0.717) is 6.42 Å². The number of carboxylic acid groups (broad SMARTS) is 1. The van der Waals surface area contributed by atoms with Crippen LogP contribution in [0.15, 0.2) is 59.3 Å². The average Bonchev–Trinajstić information content (AvgIpc) is 3.30. The minimum Gasteiger partial charge on any atom is -0.481 e. The highest BCUT2D eigenvalue weighted by atomic mass is 32.1. The van der Waals surface area contributed by atoms with Gasteiger partial charge in [0.1, 0.15) is 0 Å². The molecule has 4 nitrogen and oxygen atoms in total. The minimum atomic E-state index is -0.971. The van der Waals surface area contributed by atoms with Crippen molar-refractivity contribution in [3.8, 4) is 23.0 Å². The Morgan fingerprint density at radius 1 is 1.18 bits per heavy atom. The SMILES string of the molecule is CC(C)(C)C#CC=CCC(C(=O)O)C(O)CCCC=Cc1cccc(-c2ccsc2)c1.COC. The lowest BCUT2D eigenvalue weighted by atomic mass is 9.94. The molecule has 1 heterocycles. The van der Waals surface area contributed by atoms with E-state index >= 15 is 0 Å². The fourth-order valence-corrected chi connectivity index (χ4v) is 3.74. The highest BCUT2D eigenvalue weighted by Crippen LogP contribution is 2.23. The summed E-state index contributed by atoms with van der Waals surface area (Å²) >= 11 is 1.69. The van der Waals surface area contributed by atoms with Crippen LogP contribution in [0, 0.1) is 23.2 Å². The van der Waals surface area contributed by atoms with Gasteiger partial charge in [-0.15, -0.1) is 0 Å². The fraction of sp³-hybridized carbons (Fsp3) is 0.414. The Balaban J connectivity index is 0.00000182. The monoisotopic (exact) mass is 482 g/mol. The summed E-state index contributed by atoms with van der Waals surface area (Å²) in [5.41, 5.74) is 3.47. The summed E-state index contributed by atoms with van der Waals surface area (Å²) in [6.45, 7) is 6.06. The number of hydrogen-bond donors (Lipinski definition) is 2. The molecular weight excluding hydrogens is 444 g/mol. The number of rotatable bonds is 10. The number of ether oxygens (including phenoxy) is 1. The summed E-state index contributed by atoms with van der Waals surface area (Å²) in [6.07, 6.45) is 8.97. The van der Waals surface area contributed by atoms with Crippen molar-refractivity contribution in [2.24, 2.45) is 11.3 Å². The van der Waals surface area contributed by atoms with Gasteiger partial charge in [0.2, 0.25) is 0 Å². The Bertz CT molecular complexity index is 956. The molecule has 0 amide bonds. The highest BCUT2D eigenvalue weighted by molar-refractivity contribution is 7.08. The van der Waals surface area contributed by atoms with Gasteiger partial charge in [0.15, 0.2) is 0 Å². The maximum atomic E-state index is 11.5. The first-order valence-electron chi connectivity index (χ1n) is 11.5. The molecule has 0 spiro atoms. The van der Waals surface area contributed by atoms with Gasteiger partial charge in [-0.2, -0.15) is 11.3 Å². The van der Waals surface area contributed by atoms with Crippen molar-refractivity contribution in [3.05, 3.63) is 64.9 Å². The number of aliphatic hydroxyl groups excluding tert-OH is 1. The molecule has 0 saturated carbocycles. The van der Waals surface area contributed by atoms with Crippen LogP contribution in [0.25, 0.3) is 17.2 Å². The second kappa shape index (κ2) is 16.1. The molecule has 0 bridgehead atoms. The van der Waals surface area contributed by atoms with E-state index in [2.05, 4.69) is 63.8 Å². The first-order valence-corrected chi connectivity index (χ1v) is 12.4. The Hall–Kier alpha value is -2.65. The molecule has 0 saturated heterocycles. The molecule has 0 aliphatic heterocycles. The summed E-state index contributed by atoms with van der Waals surface area (Å²) in [5.74, 6) is 4.23. The predicted octanol–water partition coefficient (Wildman–Crippen LogP) is 6.92. The van der Waals surface area contributed by atoms with Gasteiger partial charge < -0.3 is 14.9 Å². The van der Waals surface area contributed by atoms with Crippen LogP contribution in [-0.2, 0) is 9.53 Å². The number of allylic oxidation sites excluding steroid dienone is 3. The van der Waals surface area contributed by atoms with Crippen molar-refractivity contribution in [1.82, 2.24) is 0 Å². The fourth-order valence-electron chi connectivity index (χ4n) is 3.07. The Labute approximate surface area is 209 Å². The Kier molecular flexibility index (Phi) is 13.9. The van der Waals surface area contributed by atoms with Crippen molar-refractivity contribution < 1.29 is 19.7 Å². The zero-order valence-corrected chi connectivity index (χ0v) is 21.8. The van der Waals surface area contributed by atoms with Crippen LogP contribution in [0.3, 0.4) is 0 Å². The molecule has 1 aromatic heterocycles. The van der Waals surface area contributed by atoms with Crippen LogP contribution in [0.2, 0.25) is 0 Å². The molecule has 0 fully saturated rings. The molecule has 0 radical (unpaired) electrons. The summed E-state index contributed by atoms with van der Waals surface area (Å²) in [6, 6.07) is 10.5. The normalized spacial score (nSPS) is 13.1. The maximum Gasteiger partial charge on any atom is 0.309 e. The van der Waals surface area contributed by atoms with Crippen molar-refractivity contribution in [1.29, 1.82) is 0 Å². The maximum absolute atomic E-state index is 11.5. The summed E-state index contributed by atoms with van der Waals surface area (Å²) in [4.78, 5) is 11.5. The largest absolute Gasteiger partial charge is 0.481 e. The van der Waals surface area contributed by atoms with Crippen molar-refractivity contribution in [2.45, 2.75) is 52.6 Å². The number of aliphatic carboxylic acids is 1. The van der Waals surface area contributed by atoms with Crippen LogP contribution in [0.5, 0.6) is 0 Å². The van der Waals surface area contributed by atoms with Crippen LogP contribution < -0.4 is 0 Å². The van der Waals surface area contributed by atoms with Crippen LogP contribution in [0.1, 0.15) is 52.0 Å². The number of hydrogen-bond acceptors (Lipinski definition) is 4. The number of carbonyl (C=O) groups is 1. The van der Waals surface area contributed by atoms with E-state index in [0.717, 1.165) is 18.4 Å².